The van der Waals surface area contributed by atoms with Crippen LogP contribution >= 0.6 is 0 Å². The smallest absolute Gasteiger partial charge is 0.331 e. The number of hydrogen-bond donors (Lipinski definition) is 0. The fourth-order valence-electron chi connectivity index (χ4n) is 2.44. The van der Waals surface area contributed by atoms with E-state index >= 15 is 0 Å². The molecule has 5 nitrogen and oxygen atoms in total. The molecule has 5 heteroatoms. The summed E-state index contributed by atoms with van der Waals surface area (Å²) >= 11 is 0. The second-order valence-corrected chi connectivity index (χ2v) is 6.12. The second kappa shape index (κ2) is 10.2. The molecule has 0 radical (unpaired) electrons. The van der Waals surface area contributed by atoms with Gasteiger partial charge in [-0.15, -0.1) is 0 Å². The highest BCUT2D eigenvalue weighted by Gasteiger charge is 2.11. The molecule has 0 spiro atoms. The molecule has 0 aliphatic carbocycles. The largest absolute Gasteiger partial charge is 0.494 e. The monoisotopic (exact) mass is 367 g/mol. The number of carbonyl (C=O) groups is 2. The first-order valence-electron chi connectivity index (χ1n) is 8.85. The van der Waals surface area contributed by atoms with Crippen LogP contribution in [0.4, 0.5) is 0 Å². The highest BCUT2D eigenvalue weighted by atomic mass is 16.5. The van der Waals surface area contributed by atoms with Crippen LogP contribution in [0.15, 0.2) is 54.6 Å². The van der Waals surface area contributed by atoms with Crippen molar-refractivity contribution < 1.29 is 19.1 Å². The molecule has 0 aliphatic heterocycles. The summed E-state index contributed by atoms with van der Waals surface area (Å²) < 4.78 is 10.4. The van der Waals surface area contributed by atoms with Crippen molar-refractivity contribution in [2.45, 2.75) is 20.4 Å². The van der Waals surface area contributed by atoms with E-state index in [2.05, 4.69) is 0 Å². The lowest BCUT2D eigenvalue weighted by Crippen LogP contribution is -2.30. The van der Waals surface area contributed by atoms with E-state index in [1.807, 2.05) is 62.4 Å². The van der Waals surface area contributed by atoms with Crippen LogP contribution in [0.5, 0.6) is 5.75 Å². The molecule has 0 atom stereocenters. The Morgan fingerprint density at radius 1 is 1.07 bits per heavy atom. The summed E-state index contributed by atoms with van der Waals surface area (Å²) in [7, 11) is 1.68. The molecule has 0 unspecified atom stereocenters. The number of carbonyl (C=O) groups excluding carboxylic acids is 2. The Labute approximate surface area is 160 Å². The summed E-state index contributed by atoms with van der Waals surface area (Å²) in [6, 6.07) is 15.3. The van der Waals surface area contributed by atoms with Crippen LogP contribution < -0.4 is 4.74 Å². The van der Waals surface area contributed by atoms with Crippen LogP contribution in [0.3, 0.4) is 0 Å². The first-order valence-corrected chi connectivity index (χ1v) is 8.85. The van der Waals surface area contributed by atoms with E-state index in [0.717, 1.165) is 22.4 Å². The minimum atomic E-state index is -0.541. The first-order chi connectivity index (χ1) is 13.0. The summed E-state index contributed by atoms with van der Waals surface area (Å²) in [5.74, 6) is -0.00723. The van der Waals surface area contributed by atoms with Crippen LogP contribution in [0, 0.1) is 6.92 Å². The standard InChI is InChI=1S/C22H25NO4/c1-4-26-20-12-9-18(10-13-20)15-23(3)21(24)16-27-22(25)14-11-19-8-6-5-7-17(19)2/h5-14H,4,15-16H2,1-3H3/b14-11+. The minimum absolute atomic E-state index is 0.262. The molecule has 0 saturated carbocycles. The highest BCUT2D eigenvalue weighted by Crippen LogP contribution is 2.13. The molecule has 0 saturated heterocycles. The fraction of sp³-hybridized carbons (Fsp3) is 0.273. The van der Waals surface area contributed by atoms with Crippen molar-refractivity contribution in [1.82, 2.24) is 4.90 Å². The lowest BCUT2D eigenvalue weighted by Gasteiger charge is -2.17. The molecular weight excluding hydrogens is 342 g/mol. The van der Waals surface area contributed by atoms with E-state index in [1.165, 1.54) is 11.0 Å². The molecular formula is C22H25NO4. The number of amides is 1. The third-order valence-electron chi connectivity index (χ3n) is 4.01. The fourth-order valence-corrected chi connectivity index (χ4v) is 2.44. The van der Waals surface area contributed by atoms with Crippen molar-refractivity contribution in [3.05, 3.63) is 71.3 Å². The van der Waals surface area contributed by atoms with Crippen LogP contribution in [-0.2, 0) is 20.9 Å². The zero-order valence-electron chi connectivity index (χ0n) is 16.0. The molecule has 27 heavy (non-hydrogen) atoms. The van der Waals surface area contributed by atoms with Gasteiger partial charge in [-0.25, -0.2) is 4.79 Å². The molecule has 1 amide bonds. The van der Waals surface area contributed by atoms with Gasteiger partial charge in [0.1, 0.15) is 5.75 Å². The number of benzene rings is 2. The Morgan fingerprint density at radius 3 is 2.44 bits per heavy atom. The Morgan fingerprint density at radius 2 is 1.78 bits per heavy atom. The molecule has 0 bridgehead atoms. The molecule has 0 aliphatic rings. The zero-order chi connectivity index (χ0) is 19.6. The molecule has 2 aromatic rings. The SMILES string of the molecule is CCOc1ccc(CN(C)C(=O)COC(=O)/C=C/c2ccccc2C)cc1. The first kappa shape index (κ1) is 20.2. The number of rotatable bonds is 8. The minimum Gasteiger partial charge on any atom is -0.494 e. The summed E-state index contributed by atoms with van der Waals surface area (Å²) in [5, 5.41) is 0. The van der Waals surface area contributed by atoms with Gasteiger partial charge in [0.05, 0.1) is 6.61 Å². The molecule has 142 valence electrons. The summed E-state index contributed by atoms with van der Waals surface area (Å²) in [5.41, 5.74) is 2.97. The van der Waals surface area contributed by atoms with Crippen molar-refractivity contribution in [1.29, 1.82) is 0 Å². The number of aryl methyl sites for hydroxylation is 1. The number of hydrogen-bond acceptors (Lipinski definition) is 4. The zero-order valence-corrected chi connectivity index (χ0v) is 16.0. The Kier molecular flexibility index (Phi) is 7.62. The molecule has 0 N–H and O–H groups in total. The van der Waals surface area contributed by atoms with Gasteiger partial charge in [-0.2, -0.15) is 0 Å². The summed E-state index contributed by atoms with van der Waals surface area (Å²) in [4.78, 5) is 25.5. The van der Waals surface area contributed by atoms with Crippen LogP contribution in [0.2, 0.25) is 0 Å². The van der Waals surface area contributed by atoms with Gasteiger partial charge in [0.2, 0.25) is 0 Å². The van der Waals surface area contributed by atoms with Gasteiger partial charge in [-0.1, -0.05) is 36.4 Å². The topological polar surface area (TPSA) is 55.8 Å². The Bertz CT molecular complexity index is 796. The van der Waals surface area contributed by atoms with Crippen LogP contribution in [0.1, 0.15) is 23.6 Å². The van der Waals surface area contributed by atoms with E-state index in [0.29, 0.717) is 13.2 Å². The lowest BCUT2D eigenvalue weighted by molar-refractivity contribution is -0.147. The van der Waals surface area contributed by atoms with Gasteiger partial charge in [0.15, 0.2) is 6.61 Å². The third-order valence-corrected chi connectivity index (χ3v) is 4.01. The van der Waals surface area contributed by atoms with Gasteiger partial charge in [0, 0.05) is 19.7 Å². The van der Waals surface area contributed by atoms with Crippen molar-refractivity contribution in [2.24, 2.45) is 0 Å². The quantitative estimate of drug-likeness (QED) is 0.528. The average molecular weight is 367 g/mol. The van der Waals surface area contributed by atoms with Crippen molar-refractivity contribution in [2.75, 3.05) is 20.3 Å². The van der Waals surface area contributed by atoms with Crippen molar-refractivity contribution >= 4 is 18.0 Å². The van der Waals surface area contributed by atoms with Gasteiger partial charge < -0.3 is 14.4 Å². The number of likely N-dealkylation sites (N-methyl/N-ethyl adjacent to an activating group) is 1. The van der Waals surface area contributed by atoms with E-state index < -0.39 is 5.97 Å². The van der Waals surface area contributed by atoms with E-state index in [9.17, 15) is 9.59 Å². The highest BCUT2D eigenvalue weighted by molar-refractivity contribution is 5.89. The predicted molar refractivity (Wildman–Crippen MR) is 105 cm³/mol. The van der Waals surface area contributed by atoms with Crippen LogP contribution in [-0.4, -0.2) is 37.0 Å². The van der Waals surface area contributed by atoms with Crippen molar-refractivity contribution in [3.63, 3.8) is 0 Å². The molecule has 0 heterocycles. The second-order valence-electron chi connectivity index (χ2n) is 6.12. The van der Waals surface area contributed by atoms with E-state index in [-0.39, 0.29) is 12.5 Å². The molecule has 2 rings (SSSR count). The van der Waals surface area contributed by atoms with Gasteiger partial charge in [-0.05, 0) is 48.7 Å². The van der Waals surface area contributed by atoms with Gasteiger partial charge in [0.25, 0.3) is 5.91 Å². The maximum Gasteiger partial charge on any atom is 0.331 e. The number of nitrogens with zero attached hydrogens (tertiary/aromatic N) is 1. The number of ether oxygens (including phenoxy) is 2. The van der Waals surface area contributed by atoms with Crippen LogP contribution in [0.25, 0.3) is 6.08 Å². The third kappa shape index (κ3) is 6.62. The predicted octanol–water partition coefficient (Wildman–Crippen LogP) is 3.61. The number of esters is 1. The Hall–Kier alpha value is -3.08. The molecule has 0 aromatic heterocycles. The lowest BCUT2D eigenvalue weighted by atomic mass is 10.1. The van der Waals surface area contributed by atoms with Gasteiger partial charge >= 0.3 is 5.97 Å². The molecule has 2 aromatic carbocycles. The van der Waals surface area contributed by atoms with E-state index in [1.54, 1.807) is 13.1 Å². The van der Waals surface area contributed by atoms with E-state index in [4.69, 9.17) is 9.47 Å². The maximum absolute atomic E-state index is 12.1. The summed E-state index contributed by atoms with van der Waals surface area (Å²) in [6.07, 6.45) is 3.02. The van der Waals surface area contributed by atoms with Gasteiger partial charge in [-0.3, -0.25) is 4.79 Å². The summed E-state index contributed by atoms with van der Waals surface area (Å²) in [6.45, 7) is 4.65. The Balaban J connectivity index is 1.80. The maximum atomic E-state index is 12.1. The van der Waals surface area contributed by atoms with Crippen molar-refractivity contribution in [3.8, 4) is 5.75 Å². The molecule has 0 fully saturated rings. The average Bonchev–Trinajstić information content (AvgIpc) is 2.67. The normalized spacial score (nSPS) is 10.6.